The summed E-state index contributed by atoms with van der Waals surface area (Å²) in [6.07, 6.45) is 0. The molecule has 5 heteroatoms. The summed E-state index contributed by atoms with van der Waals surface area (Å²) in [6, 6.07) is 5.44. The molecule has 1 atom stereocenters. The van der Waals surface area contributed by atoms with Gasteiger partial charge < -0.3 is 15.2 Å². The van der Waals surface area contributed by atoms with Gasteiger partial charge in [-0.15, -0.1) is 12.4 Å². The molecule has 1 aliphatic rings. The fraction of sp³-hybridized carbons (Fsp3) is 0.400. The fourth-order valence-corrected chi connectivity index (χ4v) is 2.09. The van der Waals surface area contributed by atoms with Gasteiger partial charge in [-0.2, -0.15) is 0 Å². The number of morpholine rings is 1. The fourth-order valence-electron chi connectivity index (χ4n) is 1.56. The number of aromatic hydroxyl groups is 1. The van der Waals surface area contributed by atoms with Crippen molar-refractivity contribution in [2.45, 2.75) is 6.04 Å². The van der Waals surface area contributed by atoms with Crippen LogP contribution in [0, 0.1) is 0 Å². The molecule has 1 aromatic rings. The molecule has 0 radical (unpaired) electrons. The summed E-state index contributed by atoms with van der Waals surface area (Å²) >= 11 is 3.46. The number of hydrogen-bond acceptors (Lipinski definition) is 3. The van der Waals surface area contributed by atoms with Crippen LogP contribution in [0.2, 0.25) is 0 Å². The molecule has 0 amide bonds. The third kappa shape index (κ3) is 3.08. The van der Waals surface area contributed by atoms with E-state index < -0.39 is 0 Å². The lowest BCUT2D eigenvalue weighted by Gasteiger charge is -2.25. The minimum absolute atomic E-state index is 0. The number of rotatable bonds is 1. The molecule has 3 nitrogen and oxygen atoms in total. The topological polar surface area (TPSA) is 41.5 Å². The van der Waals surface area contributed by atoms with Crippen LogP contribution in [0.5, 0.6) is 5.75 Å². The maximum Gasteiger partial charge on any atom is 0.115 e. The molecule has 15 heavy (non-hydrogen) atoms. The average molecular weight is 295 g/mol. The van der Waals surface area contributed by atoms with Gasteiger partial charge in [0.05, 0.1) is 19.3 Å². The second-order valence-corrected chi connectivity index (χ2v) is 4.14. The van der Waals surface area contributed by atoms with Crippen LogP contribution in [0.15, 0.2) is 22.7 Å². The smallest absolute Gasteiger partial charge is 0.115 e. The number of benzene rings is 1. The number of phenolic OH excluding ortho intramolecular Hbond substituents is 1. The van der Waals surface area contributed by atoms with Gasteiger partial charge in [0.15, 0.2) is 0 Å². The van der Waals surface area contributed by atoms with E-state index in [9.17, 15) is 5.11 Å². The summed E-state index contributed by atoms with van der Waals surface area (Å²) in [6.45, 7) is 2.27. The zero-order valence-corrected chi connectivity index (χ0v) is 10.5. The van der Waals surface area contributed by atoms with E-state index in [-0.39, 0.29) is 24.2 Å². The lowest BCUT2D eigenvalue weighted by atomic mass is 10.1. The van der Waals surface area contributed by atoms with E-state index in [0.29, 0.717) is 6.61 Å². The van der Waals surface area contributed by atoms with Crippen LogP contribution >= 0.6 is 28.3 Å². The van der Waals surface area contributed by atoms with Gasteiger partial charge in [0.25, 0.3) is 0 Å². The highest BCUT2D eigenvalue weighted by Gasteiger charge is 2.17. The maximum atomic E-state index is 9.38. The predicted molar refractivity (Wildman–Crippen MR) is 64.6 cm³/mol. The molecule has 0 unspecified atom stereocenters. The standard InChI is InChI=1S/C10H12BrNO2.ClH/c11-9-2-1-7(13)5-8(9)10-6-14-4-3-12-10;/h1-2,5,10,12-13H,3-4,6H2;1H/t10-;/m0./s1. The highest BCUT2D eigenvalue weighted by molar-refractivity contribution is 9.10. The Kier molecular flexibility index (Phi) is 4.86. The first-order valence-electron chi connectivity index (χ1n) is 4.57. The van der Waals surface area contributed by atoms with Crippen molar-refractivity contribution in [3.63, 3.8) is 0 Å². The van der Waals surface area contributed by atoms with Gasteiger partial charge in [-0.1, -0.05) is 15.9 Å². The Morgan fingerprint density at radius 1 is 1.47 bits per heavy atom. The summed E-state index contributed by atoms with van der Waals surface area (Å²) in [5.41, 5.74) is 1.05. The van der Waals surface area contributed by atoms with E-state index in [1.165, 1.54) is 0 Å². The van der Waals surface area contributed by atoms with Crippen LogP contribution in [0.1, 0.15) is 11.6 Å². The van der Waals surface area contributed by atoms with Crippen molar-refractivity contribution >= 4 is 28.3 Å². The quantitative estimate of drug-likeness (QED) is 0.835. The average Bonchev–Trinajstić information content (AvgIpc) is 2.23. The first kappa shape index (κ1) is 12.8. The third-order valence-corrected chi connectivity index (χ3v) is 3.00. The first-order chi connectivity index (χ1) is 6.77. The van der Waals surface area contributed by atoms with Gasteiger partial charge in [-0.3, -0.25) is 0 Å². The Hall–Kier alpha value is -0.290. The highest BCUT2D eigenvalue weighted by atomic mass is 79.9. The third-order valence-electron chi connectivity index (χ3n) is 2.28. The maximum absolute atomic E-state index is 9.38. The van der Waals surface area contributed by atoms with E-state index in [2.05, 4.69) is 21.2 Å². The van der Waals surface area contributed by atoms with Crippen molar-refractivity contribution in [2.75, 3.05) is 19.8 Å². The van der Waals surface area contributed by atoms with Crippen LogP contribution in [0.25, 0.3) is 0 Å². The molecule has 0 saturated carbocycles. The Morgan fingerprint density at radius 3 is 2.93 bits per heavy atom. The summed E-state index contributed by atoms with van der Waals surface area (Å²) in [7, 11) is 0. The largest absolute Gasteiger partial charge is 0.508 e. The van der Waals surface area contributed by atoms with Gasteiger partial charge in [0.1, 0.15) is 5.75 Å². The molecular formula is C10H13BrClNO2. The summed E-state index contributed by atoms with van der Waals surface area (Å²) in [5, 5.41) is 12.7. The summed E-state index contributed by atoms with van der Waals surface area (Å²) < 4.78 is 6.36. The number of hydrogen-bond donors (Lipinski definition) is 2. The van der Waals surface area contributed by atoms with E-state index in [1.807, 2.05) is 6.07 Å². The number of ether oxygens (including phenoxy) is 1. The molecule has 1 heterocycles. The number of phenols is 1. The molecular weight excluding hydrogens is 281 g/mol. The molecule has 2 rings (SSSR count). The van der Waals surface area contributed by atoms with Crippen molar-refractivity contribution in [3.05, 3.63) is 28.2 Å². The van der Waals surface area contributed by atoms with E-state index in [1.54, 1.807) is 12.1 Å². The van der Waals surface area contributed by atoms with Crippen molar-refractivity contribution in [1.29, 1.82) is 0 Å². The first-order valence-corrected chi connectivity index (χ1v) is 5.36. The highest BCUT2D eigenvalue weighted by Crippen LogP contribution is 2.28. The second kappa shape index (κ2) is 5.70. The van der Waals surface area contributed by atoms with Crippen LogP contribution in [-0.2, 0) is 4.74 Å². The minimum Gasteiger partial charge on any atom is -0.508 e. The minimum atomic E-state index is 0. The lowest BCUT2D eigenvalue weighted by Crippen LogP contribution is -2.34. The van der Waals surface area contributed by atoms with Gasteiger partial charge in [-0.05, 0) is 23.8 Å². The Morgan fingerprint density at radius 2 is 2.27 bits per heavy atom. The van der Waals surface area contributed by atoms with Crippen LogP contribution in [-0.4, -0.2) is 24.9 Å². The van der Waals surface area contributed by atoms with Crippen molar-refractivity contribution in [1.82, 2.24) is 5.32 Å². The zero-order chi connectivity index (χ0) is 9.97. The van der Waals surface area contributed by atoms with E-state index >= 15 is 0 Å². The molecule has 2 N–H and O–H groups in total. The van der Waals surface area contributed by atoms with Crippen LogP contribution < -0.4 is 5.32 Å². The molecule has 0 aliphatic carbocycles. The Labute approximate surface area is 103 Å². The molecule has 84 valence electrons. The van der Waals surface area contributed by atoms with Crippen LogP contribution in [0.3, 0.4) is 0 Å². The van der Waals surface area contributed by atoms with Gasteiger partial charge in [-0.25, -0.2) is 0 Å². The molecule has 1 aliphatic heterocycles. The summed E-state index contributed by atoms with van der Waals surface area (Å²) in [4.78, 5) is 0. The normalized spacial score (nSPS) is 20.7. The molecule has 0 aromatic heterocycles. The van der Waals surface area contributed by atoms with E-state index in [0.717, 1.165) is 23.2 Å². The molecule has 1 aromatic carbocycles. The SMILES string of the molecule is Cl.Oc1ccc(Br)c([C@@H]2COCCN2)c1. The van der Waals surface area contributed by atoms with Crippen LogP contribution in [0.4, 0.5) is 0 Å². The van der Waals surface area contributed by atoms with Crippen molar-refractivity contribution in [2.24, 2.45) is 0 Å². The Balaban J connectivity index is 0.00000112. The van der Waals surface area contributed by atoms with E-state index in [4.69, 9.17) is 4.74 Å². The van der Waals surface area contributed by atoms with Gasteiger partial charge in [0.2, 0.25) is 0 Å². The second-order valence-electron chi connectivity index (χ2n) is 3.29. The van der Waals surface area contributed by atoms with Gasteiger partial charge >= 0.3 is 0 Å². The number of nitrogens with one attached hydrogen (secondary N) is 1. The predicted octanol–water partition coefficient (Wildman–Crippen LogP) is 2.24. The summed E-state index contributed by atoms with van der Waals surface area (Å²) in [5.74, 6) is 0.288. The zero-order valence-electron chi connectivity index (χ0n) is 8.07. The number of halogens is 2. The van der Waals surface area contributed by atoms with Crippen molar-refractivity contribution in [3.8, 4) is 5.75 Å². The van der Waals surface area contributed by atoms with Crippen molar-refractivity contribution < 1.29 is 9.84 Å². The lowest BCUT2D eigenvalue weighted by molar-refractivity contribution is 0.0766. The molecule has 0 bridgehead atoms. The molecule has 1 saturated heterocycles. The van der Waals surface area contributed by atoms with Gasteiger partial charge in [0, 0.05) is 11.0 Å². The molecule has 0 spiro atoms. The Bertz CT molecular complexity index is 329. The molecule has 1 fully saturated rings. The monoisotopic (exact) mass is 293 g/mol.